The third-order valence-corrected chi connectivity index (χ3v) is 8.07. The van der Waals surface area contributed by atoms with Crippen molar-refractivity contribution in [1.82, 2.24) is 0 Å². The Balaban J connectivity index is 1.56. The van der Waals surface area contributed by atoms with E-state index in [-0.39, 0.29) is 5.41 Å². The van der Waals surface area contributed by atoms with E-state index in [2.05, 4.69) is 32.0 Å². The third kappa shape index (κ3) is 3.68. The molecule has 0 radical (unpaired) electrons. The highest BCUT2D eigenvalue weighted by atomic mass is 16.4. The van der Waals surface area contributed by atoms with Gasteiger partial charge in [0.25, 0.3) is 0 Å². The Morgan fingerprint density at radius 3 is 2.44 bits per heavy atom. The highest BCUT2D eigenvalue weighted by Gasteiger charge is 2.46. The summed E-state index contributed by atoms with van der Waals surface area (Å²) >= 11 is 0. The number of benzene rings is 3. The number of hydrogen-bond acceptors (Lipinski definition) is 2. The lowest BCUT2D eigenvalue weighted by Crippen LogP contribution is -2.42. The minimum atomic E-state index is -0.906. The van der Waals surface area contributed by atoms with Crippen molar-refractivity contribution in [3.05, 3.63) is 65.7 Å². The van der Waals surface area contributed by atoms with Crippen molar-refractivity contribution < 1.29 is 15.0 Å². The molecule has 0 spiro atoms. The van der Waals surface area contributed by atoms with Crippen LogP contribution in [0.15, 0.2) is 54.6 Å². The monoisotopic (exact) mass is 428 g/mol. The van der Waals surface area contributed by atoms with Gasteiger partial charge in [0.15, 0.2) is 0 Å². The molecule has 2 N–H and O–H groups in total. The molecule has 0 amide bonds. The quantitative estimate of drug-likeness (QED) is 0.455. The lowest BCUT2D eigenvalue weighted by Gasteiger charge is -2.51. The molecule has 166 valence electrons. The number of carbonyl (C=O) groups is 1. The summed E-state index contributed by atoms with van der Waals surface area (Å²) in [6.45, 7) is 4.69. The molecule has 2 aliphatic carbocycles. The number of phenolic OH excluding ortho intramolecular Hbond substituents is 1. The smallest absolute Gasteiger partial charge is 0.335 e. The van der Waals surface area contributed by atoms with Gasteiger partial charge < -0.3 is 10.2 Å². The minimum Gasteiger partial charge on any atom is -0.508 e. The lowest BCUT2D eigenvalue weighted by atomic mass is 9.54. The van der Waals surface area contributed by atoms with Gasteiger partial charge in [0.05, 0.1) is 5.56 Å². The molecule has 2 aliphatic rings. The maximum atomic E-state index is 11.3. The number of aromatic hydroxyl groups is 1. The molecule has 0 saturated heterocycles. The number of carboxylic acid groups (broad SMARTS) is 1. The summed E-state index contributed by atoms with van der Waals surface area (Å²) in [6, 6.07) is 17.5. The fraction of sp³-hybridized carbons (Fsp3) is 0.414. The first kappa shape index (κ1) is 21.1. The Labute approximate surface area is 190 Å². The molecule has 2 fully saturated rings. The molecule has 3 aromatic rings. The molecule has 5 rings (SSSR count). The zero-order valence-electron chi connectivity index (χ0n) is 19.0. The average molecular weight is 429 g/mol. The van der Waals surface area contributed by atoms with Crippen molar-refractivity contribution in [2.24, 2.45) is 17.8 Å². The number of rotatable bonds is 4. The van der Waals surface area contributed by atoms with Gasteiger partial charge in [0.2, 0.25) is 0 Å². The van der Waals surface area contributed by atoms with Crippen LogP contribution in [0.25, 0.3) is 21.9 Å². The summed E-state index contributed by atoms with van der Waals surface area (Å²) < 4.78 is 0. The summed E-state index contributed by atoms with van der Waals surface area (Å²) in [6.07, 6.45) is 7.41. The molecule has 4 atom stereocenters. The number of aromatic carboxylic acids is 1. The van der Waals surface area contributed by atoms with E-state index in [4.69, 9.17) is 0 Å². The van der Waals surface area contributed by atoms with E-state index in [0.29, 0.717) is 17.2 Å². The van der Waals surface area contributed by atoms with Crippen molar-refractivity contribution in [2.75, 3.05) is 0 Å². The largest absolute Gasteiger partial charge is 0.508 e. The van der Waals surface area contributed by atoms with E-state index in [1.165, 1.54) is 32.1 Å². The maximum Gasteiger partial charge on any atom is 0.335 e. The van der Waals surface area contributed by atoms with E-state index >= 15 is 0 Å². The van der Waals surface area contributed by atoms with Gasteiger partial charge in [0, 0.05) is 5.56 Å². The molecule has 3 nitrogen and oxygen atoms in total. The van der Waals surface area contributed by atoms with Crippen LogP contribution in [0.4, 0.5) is 0 Å². The van der Waals surface area contributed by atoms with Crippen molar-refractivity contribution in [1.29, 1.82) is 0 Å². The fourth-order valence-corrected chi connectivity index (χ4v) is 6.83. The third-order valence-electron chi connectivity index (χ3n) is 8.07. The molecular weight excluding hydrogens is 396 g/mol. The van der Waals surface area contributed by atoms with Crippen LogP contribution in [0.1, 0.15) is 68.3 Å². The van der Waals surface area contributed by atoms with Gasteiger partial charge in [-0.05, 0) is 108 Å². The second-order valence-electron chi connectivity index (χ2n) is 10.4. The maximum absolute atomic E-state index is 11.3. The van der Waals surface area contributed by atoms with Gasteiger partial charge in [-0.15, -0.1) is 0 Å². The van der Waals surface area contributed by atoms with Gasteiger partial charge in [-0.1, -0.05) is 44.5 Å². The second-order valence-corrected chi connectivity index (χ2v) is 10.4. The van der Waals surface area contributed by atoms with Crippen LogP contribution in [0.2, 0.25) is 0 Å². The molecule has 0 aromatic heterocycles. The van der Waals surface area contributed by atoms with E-state index in [1.54, 1.807) is 12.1 Å². The SMILES string of the molecule is CCC1CC2CC(C)CC(c3cc(-c4ccc5cc(C(=O)O)ccc5c4)ccc3O)(C1)C2. The van der Waals surface area contributed by atoms with Gasteiger partial charge in [-0.25, -0.2) is 4.79 Å². The predicted molar refractivity (Wildman–Crippen MR) is 129 cm³/mol. The Morgan fingerprint density at radius 1 is 0.938 bits per heavy atom. The van der Waals surface area contributed by atoms with Gasteiger partial charge >= 0.3 is 5.97 Å². The van der Waals surface area contributed by atoms with Crippen LogP contribution in [0, 0.1) is 17.8 Å². The van der Waals surface area contributed by atoms with Crippen LogP contribution in [0.5, 0.6) is 5.75 Å². The van der Waals surface area contributed by atoms with Crippen LogP contribution >= 0.6 is 0 Å². The molecule has 32 heavy (non-hydrogen) atoms. The molecule has 0 heterocycles. The molecule has 3 heteroatoms. The van der Waals surface area contributed by atoms with Gasteiger partial charge in [-0.2, -0.15) is 0 Å². The summed E-state index contributed by atoms with van der Waals surface area (Å²) in [5.41, 5.74) is 3.73. The van der Waals surface area contributed by atoms with Gasteiger partial charge in [-0.3, -0.25) is 0 Å². The fourth-order valence-electron chi connectivity index (χ4n) is 6.83. The summed E-state index contributed by atoms with van der Waals surface area (Å²) in [4.78, 5) is 11.3. The van der Waals surface area contributed by atoms with Crippen molar-refractivity contribution in [2.45, 2.75) is 57.8 Å². The molecular formula is C29H32O3. The first-order valence-corrected chi connectivity index (χ1v) is 12.0. The highest BCUT2D eigenvalue weighted by molar-refractivity contribution is 5.95. The highest BCUT2D eigenvalue weighted by Crippen LogP contribution is 2.56. The molecule has 3 aromatic carbocycles. The zero-order valence-corrected chi connectivity index (χ0v) is 19.0. The minimum absolute atomic E-state index is 0.0780. The second kappa shape index (κ2) is 7.95. The number of phenols is 1. The Kier molecular flexibility index (Phi) is 5.23. The zero-order chi connectivity index (χ0) is 22.5. The topological polar surface area (TPSA) is 57.5 Å². The van der Waals surface area contributed by atoms with E-state index in [9.17, 15) is 15.0 Å². The van der Waals surface area contributed by atoms with E-state index in [0.717, 1.165) is 45.7 Å². The normalized spacial score (nSPS) is 27.4. The standard InChI is InChI=1S/C29H32O3/c1-3-19-11-20-10-18(2)15-29(16-19,17-20)26-14-24(8-9-27(26)30)22-4-5-23-13-25(28(31)32)7-6-21(23)12-22/h4-9,12-14,18-20,30H,3,10-11,15-17H2,1-2H3,(H,31,32). The van der Waals surface area contributed by atoms with Crippen molar-refractivity contribution in [3.63, 3.8) is 0 Å². The van der Waals surface area contributed by atoms with Gasteiger partial charge in [0.1, 0.15) is 5.75 Å². The Hall–Kier alpha value is -2.81. The number of carboxylic acids is 1. The van der Waals surface area contributed by atoms with E-state index in [1.807, 2.05) is 24.3 Å². The lowest BCUT2D eigenvalue weighted by molar-refractivity contribution is 0.0685. The van der Waals surface area contributed by atoms with Crippen molar-refractivity contribution >= 4 is 16.7 Å². The summed E-state index contributed by atoms with van der Waals surface area (Å²) in [7, 11) is 0. The average Bonchev–Trinajstić information content (AvgIpc) is 2.77. The van der Waals surface area contributed by atoms with Crippen LogP contribution in [-0.2, 0) is 5.41 Å². The number of hydrogen-bond donors (Lipinski definition) is 2. The first-order chi connectivity index (χ1) is 15.4. The molecule has 2 bridgehead atoms. The summed E-state index contributed by atoms with van der Waals surface area (Å²) in [5, 5.41) is 22.2. The Morgan fingerprint density at radius 2 is 1.66 bits per heavy atom. The molecule has 0 aliphatic heterocycles. The first-order valence-electron chi connectivity index (χ1n) is 12.0. The molecule has 4 unspecified atom stereocenters. The molecule has 2 saturated carbocycles. The van der Waals surface area contributed by atoms with Crippen LogP contribution < -0.4 is 0 Å². The van der Waals surface area contributed by atoms with E-state index < -0.39 is 5.97 Å². The van der Waals surface area contributed by atoms with Crippen LogP contribution in [0.3, 0.4) is 0 Å². The van der Waals surface area contributed by atoms with Crippen molar-refractivity contribution in [3.8, 4) is 16.9 Å². The summed E-state index contributed by atoms with van der Waals surface area (Å²) in [5.74, 6) is 1.73. The number of fused-ring (bicyclic) bond motifs is 3. The van der Waals surface area contributed by atoms with Crippen LogP contribution in [-0.4, -0.2) is 16.2 Å². The Bertz CT molecular complexity index is 1180. The predicted octanol–water partition coefficient (Wildman–Crippen LogP) is 7.40.